The zero-order valence-electron chi connectivity index (χ0n) is 9.60. The van der Waals surface area contributed by atoms with Crippen molar-refractivity contribution in [2.75, 3.05) is 7.05 Å². The van der Waals surface area contributed by atoms with Gasteiger partial charge in [0, 0.05) is 25.4 Å². The van der Waals surface area contributed by atoms with Gasteiger partial charge in [-0.3, -0.25) is 4.57 Å². The van der Waals surface area contributed by atoms with Crippen molar-refractivity contribution in [2.24, 2.45) is 0 Å². The summed E-state index contributed by atoms with van der Waals surface area (Å²) in [4.78, 5) is 8.66. The van der Waals surface area contributed by atoms with Gasteiger partial charge in [0.15, 0.2) is 0 Å². The molecule has 86 valence electrons. The molecule has 2 aromatic rings. The van der Waals surface area contributed by atoms with Crippen LogP contribution in [0.15, 0.2) is 23.1 Å². The van der Waals surface area contributed by atoms with Crippen molar-refractivity contribution in [3.05, 3.63) is 30.2 Å². The molecule has 0 aliphatic heterocycles. The van der Waals surface area contributed by atoms with Crippen LogP contribution in [0.2, 0.25) is 0 Å². The van der Waals surface area contributed by atoms with Crippen LogP contribution in [-0.2, 0) is 13.0 Å². The van der Waals surface area contributed by atoms with Crippen molar-refractivity contribution in [2.45, 2.75) is 26.3 Å². The maximum Gasteiger partial charge on any atom is 0.307 e. The standard InChI is InChI=1S/C11H16N4O/c1-3-4-10-13-5-6-15(10)11-14-9(7-12-2)8-16-11/h5-6,8,12H,3-4,7H2,1-2H3. The van der Waals surface area contributed by atoms with E-state index in [-0.39, 0.29) is 0 Å². The fourth-order valence-electron chi connectivity index (χ4n) is 1.59. The van der Waals surface area contributed by atoms with E-state index in [9.17, 15) is 0 Å². The van der Waals surface area contributed by atoms with Gasteiger partial charge in [-0.1, -0.05) is 6.92 Å². The van der Waals surface area contributed by atoms with Gasteiger partial charge in [0.25, 0.3) is 0 Å². The minimum atomic E-state index is 0.589. The van der Waals surface area contributed by atoms with Gasteiger partial charge in [0.05, 0.1) is 5.69 Å². The van der Waals surface area contributed by atoms with Crippen LogP contribution >= 0.6 is 0 Å². The van der Waals surface area contributed by atoms with E-state index in [1.165, 1.54) is 0 Å². The second-order valence-electron chi connectivity index (χ2n) is 3.62. The Labute approximate surface area is 94.5 Å². The monoisotopic (exact) mass is 220 g/mol. The molecule has 0 fully saturated rings. The third-order valence-corrected chi connectivity index (χ3v) is 2.29. The number of nitrogens with one attached hydrogen (secondary N) is 1. The molecule has 0 saturated carbocycles. The third-order valence-electron chi connectivity index (χ3n) is 2.29. The molecule has 0 unspecified atom stereocenters. The predicted octanol–water partition coefficient (Wildman–Crippen LogP) is 1.53. The first kappa shape index (κ1) is 10.9. The largest absolute Gasteiger partial charge is 0.431 e. The summed E-state index contributed by atoms with van der Waals surface area (Å²) in [6.45, 7) is 2.84. The lowest BCUT2D eigenvalue weighted by Gasteiger charge is -2.00. The highest BCUT2D eigenvalue weighted by Crippen LogP contribution is 2.11. The average molecular weight is 220 g/mol. The molecule has 0 spiro atoms. The maximum atomic E-state index is 5.42. The Kier molecular flexibility index (Phi) is 3.36. The molecule has 0 saturated heterocycles. The summed E-state index contributed by atoms with van der Waals surface area (Å²) < 4.78 is 7.31. The first-order valence-corrected chi connectivity index (χ1v) is 5.46. The van der Waals surface area contributed by atoms with Gasteiger partial charge in [0.2, 0.25) is 0 Å². The van der Waals surface area contributed by atoms with E-state index in [1.54, 1.807) is 12.5 Å². The van der Waals surface area contributed by atoms with Crippen molar-refractivity contribution in [3.63, 3.8) is 0 Å². The third kappa shape index (κ3) is 2.14. The van der Waals surface area contributed by atoms with Crippen molar-refractivity contribution in [1.29, 1.82) is 0 Å². The van der Waals surface area contributed by atoms with Crippen LogP contribution in [0, 0.1) is 0 Å². The Morgan fingerprint density at radius 1 is 1.50 bits per heavy atom. The van der Waals surface area contributed by atoms with Gasteiger partial charge in [-0.05, 0) is 13.5 Å². The van der Waals surface area contributed by atoms with Crippen LogP contribution in [0.4, 0.5) is 0 Å². The molecule has 1 N–H and O–H groups in total. The number of hydrogen-bond acceptors (Lipinski definition) is 4. The first-order chi connectivity index (χ1) is 7.85. The molecule has 2 rings (SSSR count). The lowest BCUT2D eigenvalue weighted by atomic mass is 10.3. The lowest BCUT2D eigenvalue weighted by molar-refractivity contribution is 0.518. The molecule has 0 aliphatic rings. The van der Waals surface area contributed by atoms with Gasteiger partial charge in [-0.25, -0.2) is 4.98 Å². The van der Waals surface area contributed by atoms with E-state index in [0.717, 1.165) is 24.4 Å². The zero-order valence-corrected chi connectivity index (χ0v) is 9.60. The van der Waals surface area contributed by atoms with Gasteiger partial charge in [-0.15, -0.1) is 0 Å². The molecular weight excluding hydrogens is 204 g/mol. The van der Waals surface area contributed by atoms with E-state index >= 15 is 0 Å². The summed E-state index contributed by atoms with van der Waals surface area (Å²) in [6.07, 6.45) is 7.30. The second-order valence-corrected chi connectivity index (χ2v) is 3.62. The number of nitrogens with zero attached hydrogens (tertiary/aromatic N) is 3. The van der Waals surface area contributed by atoms with Gasteiger partial charge in [0.1, 0.15) is 12.1 Å². The number of rotatable bonds is 5. The normalized spacial score (nSPS) is 10.9. The summed E-state index contributed by atoms with van der Waals surface area (Å²) in [6, 6.07) is 0.589. The molecule has 0 bridgehead atoms. The van der Waals surface area contributed by atoms with Gasteiger partial charge >= 0.3 is 6.01 Å². The van der Waals surface area contributed by atoms with Crippen LogP contribution in [0.25, 0.3) is 6.01 Å². The topological polar surface area (TPSA) is 55.9 Å². The molecule has 5 nitrogen and oxygen atoms in total. The number of oxazole rings is 1. The molecule has 2 aromatic heterocycles. The summed E-state index contributed by atoms with van der Waals surface area (Å²) in [5, 5.41) is 3.03. The molecule has 16 heavy (non-hydrogen) atoms. The van der Waals surface area contributed by atoms with E-state index in [2.05, 4.69) is 22.2 Å². The molecule has 0 atom stereocenters. The highest BCUT2D eigenvalue weighted by molar-refractivity contribution is 5.14. The second kappa shape index (κ2) is 4.94. The Morgan fingerprint density at radius 3 is 3.12 bits per heavy atom. The summed E-state index contributed by atoms with van der Waals surface area (Å²) in [5.41, 5.74) is 0.897. The Balaban J connectivity index is 2.24. The fraction of sp³-hybridized carbons (Fsp3) is 0.455. The highest BCUT2D eigenvalue weighted by atomic mass is 16.4. The van der Waals surface area contributed by atoms with Crippen LogP contribution in [-0.4, -0.2) is 21.6 Å². The van der Waals surface area contributed by atoms with E-state index in [4.69, 9.17) is 4.42 Å². The number of aromatic nitrogens is 3. The fourth-order valence-corrected chi connectivity index (χ4v) is 1.59. The lowest BCUT2D eigenvalue weighted by Crippen LogP contribution is -2.06. The van der Waals surface area contributed by atoms with Gasteiger partial charge < -0.3 is 9.73 Å². The molecule has 5 heteroatoms. The van der Waals surface area contributed by atoms with Gasteiger partial charge in [-0.2, -0.15) is 4.98 Å². The molecule has 0 amide bonds. The quantitative estimate of drug-likeness (QED) is 0.830. The van der Waals surface area contributed by atoms with Crippen molar-refractivity contribution < 1.29 is 4.42 Å². The molecule has 2 heterocycles. The number of hydrogen-bond donors (Lipinski definition) is 1. The van der Waals surface area contributed by atoms with Crippen molar-refractivity contribution >= 4 is 0 Å². The molecule has 0 radical (unpaired) electrons. The van der Waals surface area contributed by atoms with Crippen LogP contribution in [0.3, 0.4) is 0 Å². The first-order valence-electron chi connectivity index (χ1n) is 5.46. The zero-order chi connectivity index (χ0) is 11.4. The molecule has 0 aromatic carbocycles. The van der Waals surface area contributed by atoms with Crippen molar-refractivity contribution in [3.8, 4) is 6.01 Å². The predicted molar refractivity (Wildman–Crippen MR) is 60.4 cm³/mol. The summed E-state index contributed by atoms with van der Waals surface area (Å²) in [5.74, 6) is 0.986. The minimum absolute atomic E-state index is 0.589. The average Bonchev–Trinajstić information content (AvgIpc) is 2.87. The van der Waals surface area contributed by atoms with E-state index in [1.807, 2.05) is 17.8 Å². The Morgan fingerprint density at radius 2 is 2.38 bits per heavy atom. The summed E-state index contributed by atoms with van der Waals surface area (Å²) >= 11 is 0. The maximum absolute atomic E-state index is 5.42. The summed E-state index contributed by atoms with van der Waals surface area (Å²) in [7, 11) is 1.88. The van der Waals surface area contributed by atoms with E-state index in [0.29, 0.717) is 12.6 Å². The molecular formula is C11H16N4O. The highest BCUT2D eigenvalue weighted by Gasteiger charge is 2.09. The van der Waals surface area contributed by atoms with Crippen LogP contribution in [0.1, 0.15) is 24.9 Å². The van der Waals surface area contributed by atoms with E-state index < -0.39 is 0 Å². The minimum Gasteiger partial charge on any atom is -0.431 e. The Hall–Kier alpha value is -1.62. The number of imidazole rings is 1. The number of aryl methyl sites for hydroxylation is 1. The molecule has 0 aliphatic carbocycles. The smallest absolute Gasteiger partial charge is 0.307 e. The van der Waals surface area contributed by atoms with Crippen molar-refractivity contribution in [1.82, 2.24) is 19.9 Å². The van der Waals surface area contributed by atoms with Crippen LogP contribution in [0.5, 0.6) is 0 Å². The SMILES string of the molecule is CCCc1nccn1-c1nc(CNC)co1. The Bertz CT molecular complexity index is 446. The van der Waals surface area contributed by atoms with Crippen LogP contribution < -0.4 is 5.32 Å².